The molecule has 0 aliphatic carbocycles. The van der Waals surface area contributed by atoms with Crippen LogP contribution in [-0.4, -0.2) is 42.1 Å². The van der Waals surface area contributed by atoms with Crippen LogP contribution in [0.15, 0.2) is 24.4 Å². The molecule has 0 saturated heterocycles. The lowest BCUT2D eigenvalue weighted by atomic mass is 10.0. The van der Waals surface area contributed by atoms with Crippen LogP contribution in [0.1, 0.15) is 26.0 Å². The lowest BCUT2D eigenvalue weighted by Crippen LogP contribution is -2.44. The minimum Gasteiger partial charge on any atom is -0.467 e. The van der Waals surface area contributed by atoms with Crippen LogP contribution in [0.25, 0.3) is 0 Å². The summed E-state index contributed by atoms with van der Waals surface area (Å²) in [4.78, 5) is 29.2. The molecule has 0 spiro atoms. The molecule has 1 aromatic rings. The van der Waals surface area contributed by atoms with Crippen molar-refractivity contribution in [1.29, 1.82) is 0 Å². The number of rotatable bonds is 6. The van der Waals surface area contributed by atoms with Gasteiger partial charge in [-0.2, -0.15) is 0 Å². The second kappa shape index (κ2) is 8.24. The molecule has 116 valence electrons. The summed E-state index contributed by atoms with van der Waals surface area (Å²) < 4.78 is 9.91. The Kier molecular flexibility index (Phi) is 6.65. The minimum absolute atomic E-state index is 0.0690. The van der Waals surface area contributed by atoms with Gasteiger partial charge in [0, 0.05) is 13.2 Å². The quantitative estimate of drug-likeness (QED) is 0.753. The fourth-order valence-corrected chi connectivity index (χ4v) is 1.84. The van der Waals surface area contributed by atoms with E-state index in [-0.39, 0.29) is 12.5 Å². The zero-order valence-corrected chi connectivity index (χ0v) is 12.9. The molecule has 0 aliphatic rings. The Hall–Kier alpha value is -2.11. The number of esters is 1. The number of amides is 1. The van der Waals surface area contributed by atoms with Crippen LogP contribution in [0.3, 0.4) is 0 Å². The van der Waals surface area contributed by atoms with Crippen LogP contribution in [-0.2, 0) is 20.9 Å². The molecule has 0 N–H and O–H groups in total. The normalized spacial score (nSPS) is 11.9. The molecular formula is C15H22N2O4. The van der Waals surface area contributed by atoms with Gasteiger partial charge in [0.1, 0.15) is 12.6 Å². The van der Waals surface area contributed by atoms with E-state index in [9.17, 15) is 9.59 Å². The lowest BCUT2D eigenvalue weighted by Gasteiger charge is -2.26. The topological polar surface area (TPSA) is 68.7 Å². The molecule has 1 heterocycles. The Morgan fingerprint density at radius 1 is 1.33 bits per heavy atom. The van der Waals surface area contributed by atoms with Crippen molar-refractivity contribution >= 4 is 12.1 Å². The number of nitrogens with zero attached hydrogens (tertiary/aromatic N) is 2. The highest BCUT2D eigenvalue weighted by Crippen LogP contribution is 2.13. The second-order valence-electron chi connectivity index (χ2n) is 5.16. The Labute approximate surface area is 125 Å². The molecule has 0 fully saturated rings. The number of carbonyl (C=O) groups excluding carboxylic acids is 2. The van der Waals surface area contributed by atoms with E-state index in [0.717, 1.165) is 0 Å². The number of carbonyl (C=O) groups is 2. The average Bonchev–Trinajstić information content (AvgIpc) is 2.49. The first-order valence-electron chi connectivity index (χ1n) is 6.83. The molecule has 0 bridgehead atoms. The number of likely N-dealkylation sites (N-methyl/N-ethyl adjacent to an activating group) is 1. The van der Waals surface area contributed by atoms with Crippen LogP contribution in [0.4, 0.5) is 4.79 Å². The van der Waals surface area contributed by atoms with E-state index < -0.39 is 18.1 Å². The summed E-state index contributed by atoms with van der Waals surface area (Å²) in [5.41, 5.74) is 0.651. The minimum atomic E-state index is -0.647. The fourth-order valence-electron chi connectivity index (χ4n) is 1.84. The Balaban J connectivity index is 2.63. The molecule has 0 saturated carbocycles. The molecule has 6 nitrogen and oxygen atoms in total. The monoisotopic (exact) mass is 294 g/mol. The van der Waals surface area contributed by atoms with Crippen molar-refractivity contribution < 1.29 is 19.1 Å². The van der Waals surface area contributed by atoms with Gasteiger partial charge in [-0.05, 0) is 24.5 Å². The van der Waals surface area contributed by atoms with Crippen molar-refractivity contribution in [3.05, 3.63) is 30.1 Å². The zero-order valence-electron chi connectivity index (χ0n) is 12.9. The van der Waals surface area contributed by atoms with Crippen molar-refractivity contribution in [3.63, 3.8) is 0 Å². The van der Waals surface area contributed by atoms with E-state index in [1.54, 1.807) is 18.3 Å². The third-order valence-corrected chi connectivity index (χ3v) is 2.99. The van der Waals surface area contributed by atoms with Crippen LogP contribution < -0.4 is 0 Å². The maximum absolute atomic E-state index is 12.0. The van der Waals surface area contributed by atoms with Crippen molar-refractivity contribution in [2.75, 3.05) is 14.2 Å². The predicted octanol–water partition coefficient (Wildman–Crippen LogP) is 2.24. The van der Waals surface area contributed by atoms with Gasteiger partial charge in [0.2, 0.25) is 0 Å². The van der Waals surface area contributed by atoms with Crippen LogP contribution in [0.2, 0.25) is 0 Å². The highest BCUT2D eigenvalue weighted by atomic mass is 16.6. The van der Waals surface area contributed by atoms with Gasteiger partial charge in [-0.15, -0.1) is 0 Å². The number of pyridine rings is 1. The number of aromatic nitrogens is 1. The second-order valence-corrected chi connectivity index (χ2v) is 5.16. The molecule has 1 rings (SSSR count). The fraction of sp³-hybridized carbons (Fsp3) is 0.533. The summed E-state index contributed by atoms with van der Waals surface area (Å²) in [6, 6.07) is 4.72. The smallest absolute Gasteiger partial charge is 0.410 e. The summed E-state index contributed by atoms with van der Waals surface area (Å²) in [5.74, 6) is -0.193. The van der Waals surface area contributed by atoms with E-state index >= 15 is 0 Å². The van der Waals surface area contributed by atoms with E-state index in [1.165, 1.54) is 19.1 Å². The van der Waals surface area contributed by atoms with Gasteiger partial charge in [-0.25, -0.2) is 9.59 Å². The number of ether oxygens (including phenoxy) is 2. The van der Waals surface area contributed by atoms with E-state index in [1.807, 2.05) is 19.9 Å². The molecule has 1 amide bonds. The highest BCUT2D eigenvalue weighted by Gasteiger charge is 2.29. The Morgan fingerprint density at radius 3 is 2.57 bits per heavy atom. The third kappa shape index (κ3) is 5.41. The summed E-state index contributed by atoms with van der Waals surface area (Å²) in [5, 5.41) is 0. The number of methoxy groups -OCH3 is 1. The lowest BCUT2D eigenvalue weighted by molar-refractivity contribution is -0.146. The van der Waals surface area contributed by atoms with Crippen molar-refractivity contribution in [2.24, 2.45) is 5.92 Å². The Bertz CT molecular complexity index is 462. The van der Waals surface area contributed by atoms with Gasteiger partial charge < -0.3 is 9.47 Å². The van der Waals surface area contributed by atoms with Crippen LogP contribution in [0.5, 0.6) is 0 Å². The van der Waals surface area contributed by atoms with Gasteiger partial charge in [0.05, 0.1) is 12.8 Å². The molecular weight excluding hydrogens is 272 g/mol. The van der Waals surface area contributed by atoms with Crippen molar-refractivity contribution in [2.45, 2.75) is 32.9 Å². The van der Waals surface area contributed by atoms with E-state index in [4.69, 9.17) is 9.47 Å². The average molecular weight is 294 g/mol. The van der Waals surface area contributed by atoms with E-state index in [0.29, 0.717) is 12.1 Å². The summed E-state index contributed by atoms with van der Waals surface area (Å²) in [6.45, 7) is 4.02. The SMILES string of the molecule is COC(=O)C(CC(C)C)N(C)C(=O)OCc1ccccn1. The number of hydrogen-bond acceptors (Lipinski definition) is 5. The van der Waals surface area contributed by atoms with Crippen LogP contribution >= 0.6 is 0 Å². The molecule has 0 aliphatic heterocycles. The van der Waals surface area contributed by atoms with Gasteiger partial charge in [-0.1, -0.05) is 19.9 Å². The zero-order chi connectivity index (χ0) is 15.8. The summed E-state index contributed by atoms with van der Waals surface area (Å²) in [6.07, 6.45) is 1.57. The van der Waals surface area contributed by atoms with E-state index in [2.05, 4.69) is 4.98 Å². The summed E-state index contributed by atoms with van der Waals surface area (Å²) in [7, 11) is 2.84. The highest BCUT2D eigenvalue weighted by molar-refractivity contribution is 5.81. The van der Waals surface area contributed by atoms with Gasteiger partial charge in [0.25, 0.3) is 0 Å². The van der Waals surface area contributed by atoms with Crippen LogP contribution in [0, 0.1) is 5.92 Å². The van der Waals surface area contributed by atoms with Gasteiger partial charge >= 0.3 is 12.1 Å². The summed E-state index contributed by atoms with van der Waals surface area (Å²) >= 11 is 0. The van der Waals surface area contributed by atoms with Gasteiger partial charge in [-0.3, -0.25) is 9.88 Å². The first-order valence-corrected chi connectivity index (χ1v) is 6.83. The molecule has 0 aromatic carbocycles. The predicted molar refractivity (Wildman–Crippen MR) is 77.4 cm³/mol. The van der Waals surface area contributed by atoms with Gasteiger partial charge in [0.15, 0.2) is 0 Å². The number of hydrogen-bond donors (Lipinski definition) is 0. The maximum atomic E-state index is 12.0. The Morgan fingerprint density at radius 2 is 2.05 bits per heavy atom. The standard InChI is InChI=1S/C15H22N2O4/c1-11(2)9-13(14(18)20-4)17(3)15(19)21-10-12-7-5-6-8-16-12/h5-8,11,13H,9-10H2,1-4H3. The molecule has 1 aromatic heterocycles. The first-order chi connectivity index (χ1) is 9.95. The molecule has 21 heavy (non-hydrogen) atoms. The van der Waals surface area contributed by atoms with Crippen molar-refractivity contribution in [3.8, 4) is 0 Å². The largest absolute Gasteiger partial charge is 0.467 e. The molecule has 0 radical (unpaired) electrons. The first kappa shape index (κ1) is 16.9. The molecule has 6 heteroatoms. The maximum Gasteiger partial charge on any atom is 0.410 e. The molecule has 1 atom stereocenters. The third-order valence-electron chi connectivity index (χ3n) is 2.99. The molecule has 1 unspecified atom stereocenters. The van der Waals surface area contributed by atoms with Crippen molar-refractivity contribution in [1.82, 2.24) is 9.88 Å².